The van der Waals surface area contributed by atoms with Crippen LogP contribution in [-0.4, -0.2) is 32.9 Å². The Labute approximate surface area is 160 Å². The van der Waals surface area contributed by atoms with Crippen LogP contribution in [0.25, 0.3) is 11.5 Å². The van der Waals surface area contributed by atoms with Gasteiger partial charge in [-0.3, -0.25) is 9.89 Å². The molecule has 9 heteroatoms. The van der Waals surface area contributed by atoms with E-state index in [0.717, 1.165) is 44.4 Å². The largest absolute Gasteiger partial charge is 0.376 e. The normalized spacial score (nSPS) is 13.6. The van der Waals surface area contributed by atoms with E-state index in [4.69, 9.17) is 9.26 Å². The van der Waals surface area contributed by atoms with Crippen LogP contribution < -0.4 is 5.32 Å². The SMILES string of the molecule is Cc1noc(-c2c(NC(=O)CCc3c(C)n[nH]c3C)sc3c2CCOC3)n1. The van der Waals surface area contributed by atoms with Crippen LogP contribution in [0.1, 0.15) is 39.6 Å². The molecular formula is C18H21N5O3S. The van der Waals surface area contributed by atoms with Crippen molar-refractivity contribution in [1.29, 1.82) is 0 Å². The summed E-state index contributed by atoms with van der Waals surface area (Å²) in [7, 11) is 0. The summed E-state index contributed by atoms with van der Waals surface area (Å²) >= 11 is 1.52. The van der Waals surface area contributed by atoms with Crippen LogP contribution in [0.3, 0.4) is 0 Å². The lowest BCUT2D eigenvalue weighted by Crippen LogP contribution is -2.13. The highest BCUT2D eigenvalue weighted by Crippen LogP contribution is 2.42. The first-order valence-electron chi connectivity index (χ1n) is 8.86. The van der Waals surface area contributed by atoms with Gasteiger partial charge in [-0.25, -0.2) is 0 Å². The number of amides is 1. The minimum Gasteiger partial charge on any atom is -0.376 e. The first-order chi connectivity index (χ1) is 13.0. The number of hydrogen-bond acceptors (Lipinski definition) is 7. The molecule has 8 nitrogen and oxygen atoms in total. The quantitative estimate of drug-likeness (QED) is 0.697. The average Bonchev–Trinajstić information content (AvgIpc) is 3.31. The van der Waals surface area contributed by atoms with E-state index in [1.165, 1.54) is 11.3 Å². The number of aromatic nitrogens is 4. The summed E-state index contributed by atoms with van der Waals surface area (Å²) < 4.78 is 10.9. The average molecular weight is 387 g/mol. The monoisotopic (exact) mass is 387 g/mol. The van der Waals surface area contributed by atoms with Crippen molar-refractivity contribution < 1.29 is 14.1 Å². The molecule has 0 spiro atoms. The standard InChI is InChI=1S/C18H21N5O3S/c1-9-12(10(2)22-21-9)4-5-15(24)20-18-16(17-19-11(3)23-26-17)13-6-7-25-8-14(13)27-18/h4-8H2,1-3H3,(H,20,24)(H,21,22). The van der Waals surface area contributed by atoms with E-state index in [9.17, 15) is 4.79 Å². The number of carbonyl (C=O) groups is 1. The molecule has 0 fully saturated rings. The summed E-state index contributed by atoms with van der Waals surface area (Å²) in [4.78, 5) is 18.1. The van der Waals surface area contributed by atoms with Crippen LogP contribution in [0.5, 0.6) is 0 Å². The van der Waals surface area contributed by atoms with E-state index in [2.05, 4.69) is 25.7 Å². The molecule has 0 aliphatic carbocycles. The highest BCUT2D eigenvalue weighted by Gasteiger charge is 2.26. The summed E-state index contributed by atoms with van der Waals surface area (Å²) in [6.07, 6.45) is 1.79. The van der Waals surface area contributed by atoms with Crippen molar-refractivity contribution in [2.24, 2.45) is 0 Å². The molecule has 0 bridgehead atoms. The zero-order valence-corrected chi connectivity index (χ0v) is 16.3. The van der Waals surface area contributed by atoms with Gasteiger partial charge in [0.15, 0.2) is 5.82 Å². The highest BCUT2D eigenvalue weighted by molar-refractivity contribution is 7.17. The lowest BCUT2D eigenvalue weighted by molar-refractivity contribution is -0.116. The van der Waals surface area contributed by atoms with E-state index in [0.29, 0.717) is 37.8 Å². The Kier molecular flexibility index (Phi) is 4.79. The molecule has 0 unspecified atom stereocenters. The lowest BCUT2D eigenvalue weighted by atomic mass is 10.1. The van der Waals surface area contributed by atoms with Crippen LogP contribution in [0, 0.1) is 20.8 Å². The minimum absolute atomic E-state index is 0.0491. The Morgan fingerprint density at radius 2 is 2.19 bits per heavy atom. The second kappa shape index (κ2) is 7.24. The molecular weight excluding hydrogens is 366 g/mol. The third kappa shape index (κ3) is 3.52. The van der Waals surface area contributed by atoms with E-state index in [1.807, 2.05) is 13.8 Å². The lowest BCUT2D eigenvalue weighted by Gasteiger charge is -2.12. The summed E-state index contributed by atoms with van der Waals surface area (Å²) in [6, 6.07) is 0. The van der Waals surface area contributed by atoms with Gasteiger partial charge in [-0.05, 0) is 44.7 Å². The van der Waals surface area contributed by atoms with Gasteiger partial charge >= 0.3 is 0 Å². The number of rotatable bonds is 5. The number of ether oxygens (including phenoxy) is 1. The van der Waals surface area contributed by atoms with Gasteiger partial charge in [-0.2, -0.15) is 10.1 Å². The third-order valence-electron chi connectivity index (χ3n) is 4.70. The molecule has 0 saturated heterocycles. The van der Waals surface area contributed by atoms with Gasteiger partial charge in [-0.15, -0.1) is 11.3 Å². The number of H-pyrrole nitrogens is 1. The molecule has 0 aromatic carbocycles. The molecule has 1 amide bonds. The molecule has 3 aromatic heterocycles. The van der Waals surface area contributed by atoms with Crippen molar-refractivity contribution in [3.63, 3.8) is 0 Å². The fraction of sp³-hybridized carbons (Fsp3) is 0.444. The molecule has 0 saturated carbocycles. The van der Waals surface area contributed by atoms with Crippen molar-refractivity contribution in [3.05, 3.63) is 33.2 Å². The minimum atomic E-state index is -0.0491. The first-order valence-corrected chi connectivity index (χ1v) is 9.68. The van der Waals surface area contributed by atoms with Gasteiger partial charge in [0.25, 0.3) is 5.89 Å². The van der Waals surface area contributed by atoms with Crippen LogP contribution in [-0.2, 0) is 29.0 Å². The van der Waals surface area contributed by atoms with Crippen molar-refractivity contribution in [1.82, 2.24) is 20.3 Å². The number of hydrogen-bond donors (Lipinski definition) is 2. The maximum absolute atomic E-state index is 12.6. The molecule has 4 rings (SSSR count). The topological polar surface area (TPSA) is 106 Å². The maximum Gasteiger partial charge on any atom is 0.261 e. The van der Waals surface area contributed by atoms with Crippen molar-refractivity contribution >= 4 is 22.2 Å². The molecule has 1 aliphatic rings. The van der Waals surface area contributed by atoms with Crippen LogP contribution in [0.15, 0.2) is 4.52 Å². The number of nitrogens with one attached hydrogen (secondary N) is 2. The van der Waals surface area contributed by atoms with Gasteiger partial charge in [-0.1, -0.05) is 5.16 Å². The Balaban J connectivity index is 1.56. The Morgan fingerprint density at radius 3 is 2.89 bits per heavy atom. The van der Waals surface area contributed by atoms with Gasteiger partial charge in [0.2, 0.25) is 5.91 Å². The molecule has 0 atom stereocenters. The Morgan fingerprint density at radius 1 is 1.33 bits per heavy atom. The Hall–Kier alpha value is -2.52. The van der Waals surface area contributed by atoms with E-state index in [-0.39, 0.29) is 5.91 Å². The second-order valence-electron chi connectivity index (χ2n) is 6.62. The van der Waals surface area contributed by atoms with Crippen LogP contribution in [0.2, 0.25) is 0 Å². The molecule has 4 heterocycles. The fourth-order valence-corrected chi connectivity index (χ4v) is 4.51. The van der Waals surface area contributed by atoms with E-state index >= 15 is 0 Å². The van der Waals surface area contributed by atoms with Crippen molar-refractivity contribution in [2.75, 3.05) is 11.9 Å². The molecule has 3 aromatic rings. The summed E-state index contributed by atoms with van der Waals surface area (Å²) in [6.45, 7) is 6.89. The van der Waals surface area contributed by atoms with E-state index in [1.54, 1.807) is 6.92 Å². The van der Waals surface area contributed by atoms with Crippen molar-refractivity contribution in [3.8, 4) is 11.5 Å². The molecule has 27 heavy (non-hydrogen) atoms. The molecule has 0 radical (unpaired) electrons. The number of thiophene rings is 1. The zero-order valence-electron chi connectivity index (χ0n) is 15.5. The van der Waals surface area contributed by atoms with Gasteiger partial charge in [0.05, 0.1) is 24.5 Å². The van der Waals surface area contributed by atoms with E-state index < -0.39 is 0 Å². The zero-order chi connectivity index (χ0) is 19.0. The number of nitrogens with zero attached hydrogens (tertiary/aromatic N) is 3. The second-order valence-corrected chi connectivity index (χ2v) is 7.72. The number of fused-ring (bicyclic) bond motifs is 1. The van der Waals surface area contributed by atoms with Gasteiger partial charge < -0.3 is 14.6 Å². The Bertz CT molecular complexity index is 968. The fourth-order valence-electron chi connectivity index (χ4n) is 3.32. The van der Waals surface area contributed by atoms with Crippen LogP contribution in [0.4, 0.5) is 5.00 Å². The smallest absolute Gasteiger partial charge is 0.261 e. The summed E-state index contributed by atoms with van der Waals surface area (Å²) in [5, 5.41) is 14.8. The summed E-state index contributed by atoms with van der Waals surface area (Å²) in [5.41, 5.74) is 5.00. The van der Waals surface area contributed by atoms with Gasteiger partial charge in [0, 0.05) is 17.0 Å². The molecule has 2 N–H and O–H groups in total. The predicted molar refractivity (Wildman–Crippen MR) is 101 cm³/mol. The first kappa shape index (κ1) is 17.9. The third-order valence-corrected chi connectivity index (χ3v) is 5.82. The number of carbonyl (C=O) groups excluding carboxylic acids is 1. The predicted octanol–water partition coefficient (Wildman–Crippen LogP) is 3.09. The van der Waals surface area contributed by atoms with Crippen molar-refractivity contribution in [2.45, 2.75) is 46.6 Å². The number of aromatic amines is 1. The maximum atomic E-state index is 12.6. The number of anilines is 1. The molecule has 1 aliphatic heterocycles. The number of aryl methyl sites for hydroxylation is 3. The van der Waals surface area contributed by atoms with Crippen LogP contribution >= 0.6 is 11.3 Å². The molecule has 142 valence electrons. The summed E-state index contributed by atoms with van der Waals surface area (Å²) in [5.74, 6) is 0.968. The van der Waals surface area contributed by atoms with Gasteiger partial charge in [0.1, 0.15) is 5.00 Å². The highest BCUT2D eigenvalue weighted by atomic mass is 32.1.